The average Bonchev–Trinajstić information content (AvgIpc) is 2.77. The molecule has 4 heteroatoms. The summed E-state index contributed by atoms with van der Waals surface area (Å²) in [4.78, 5) is 0. The van der Waals surface area contributed by atoms with Crippen LogP contribution in [0, 0.1) is 5.82 Å². The summed E-state index contributed by atoms with van der Waals surface area (Å²) in [6, 6.07) is 6.81. The first kappa shape index (κ1) is 15.4. The Morgan fingerprint density at radius 3 is 2.89 bits per heavy atom. The van der Waals surface area contributed by atoms with Gasteiger partial charge in [0.05, 0.1) is 6.10 Å². The van der Waals surface area contributed by atoms with Crippen LogP contribution in [0.3, 0.4) is 0 Å². The van der Waals surface area contributed by atoms with Gasteiger partial charge in [-0.1, -0.05) is 25.5 Å². The Balaban J connectivity index is 0.00000162. The maximum Gasteiger partial charge on any atom is 0.123 e. The fourth-order valence-electron chi connectivity index (χ4n) is 2.60. The summed E-state index contributed by atoms with van der Waals surface area (Å²) in [6.07, 6.45) is 3.76. The molecule has 2 rings (SSSR count). The van der Waals surface area contributed by atoms with E-state index < -0.39 is 6.10 Å². The third kappa shape index (κ3) is 3.67. The number of aliphatic hydroxyl groups excluding tert-OH is 1. The molecule has 1 saturated heterocycles. The zero-order chi connectivity index (χ0) is 12.3. The Bertz CT molecular complexity index is 375. The van der Waals surface area contributed by atoms with Gasteiger partial charge in [-0.25, -0.2) is 4.39 Å². The zero-order valence-corrected chi connectivity index (χ0v) is 11.4. The summed E-state index contributed by atoms with van der Waals surface area (Å²) in [6.45, 7) is 2.16. The molecule has 1 aliphatic rings. The average molecular weight is 274 g/mol. The number of hydrogen-bond donors (Lipinski definition) is 2. The van der Waals surface area contributed by atoms with Gasteiger partial charge in [-0.05, 0) is 37.0 Å². The standard InChI is InChI=1S/C14H20FNO.ClH/c1-2-4-12-7-8-13(16-12)14(17)10-5-3-6-11(15)9-10;/h3,5-6,9,12-14,16-17H,2,4,7-8H2,1H3;1H/t12-,13-,14+;/m0./s1. The molecule has 1 fully saturated rings. The SMILES string of the molecule is CCC[C@H]1CC[C@@H]([C@H](O)c2cccc(F)c2)N1.Cl. The highest BCUT2D eigenvalue weighted by Crippen LogP contribution is 2.27. The Labute approximate surface area is 114 Å². The minimum absolute atomic E-state index is 0. The van der Waals surface area contributed by atoms with Crippen LogP contribution in [0.1, 0.15) is 44.3 Å². The van der Waals surface area contributed by atoms with E-state index in [9.17, 15) is 9.50 Å². The molecule has 0 saturated carbocycles. The lowest BCUT2D eigenvalue weighted by atomic mass is 10.0. The lowest BCUT2D eigenvalue weighted by Crippen LogP contribution is -2.33. The highest BCUT2D eigenvalue weighted by atomic mass is 35.5. The second kappa shape index (κ2) is 7.07. The molecule has 0 spiro atoms. The summed E-state index contributed by atoms with van der Waals surface area (Å²) in [5.41, 5.74) is 0.666. The first-order valence-corrected chi connectivity index (χ1v) is 6.40. The maximum atomic E-state index is 13.1. The van der Waals surface area contributed by atoms with E-state index in [1.165, 1.54) is 12.1 Å². The van der Waals surface area contributed by atoms with Crippen LogP contribution in [-0.4, -0.2) is 17.2 Å². The Morgan fingerprint density at radius 1 is 1.44 bits per heavy atom. The molecule has 0 radical (unpaired) electrons. The van der Waals surface area contributed by atoms with E-state index in [0.29, 0.717) is 11.6 Å². The van der Waals surface area contributed by atoms with Gasteiger partial charge in [0, 0.05) is 12.1 Å². The van der Waals surface area contributed by atoms with Crippen molar-refractivity contribution in [2.75, 3.05) is 0 Å². The summed E-state index contributed by atoms with van der Waals surface area (Å²) in [5, 5.41) is 13.6. The fraction of sp³-hybridized carbons (Fsp3) is 0.571. The lowest BCUT2D eigenvalue weighted by Gasteiger charge is -2.20. The molecule has 0 bridgehead atoms. The molecule has 1 aromatic carbocycles. The van der Waals surface area contributed by atoms with E-state index in [-0.39, 0.29) is 24.3 Å². The van der Waals surface area contributed by atoms with Gasteiger partial charge in [0.15, 0.2) is 0 Å². The largest absolute Gasteiger partial charge is 0.387 e. The van der Waals surface area contributed by atoms with E-state index in [2.05, 4.69) is 12.2 Å². The van der Waals surface area contributed by atoms with Crippen molar-refractivity contribution in [2.24, 2.45) is 0 Å². The summed E-state index contributed by atoms with van der Waals surface area (Å²) in [5.74, 6) is -0.287. The molecule has 18 heavy (non-hydrogen) atoms. The van der Waals surface area contributed by atoms with Crippen LogP contribution in [-0.2, 0) is 0 Å². The van der Waals surface area contributed by atoms with Gasteiger partial charge in [0.2, 0.25) is 0 Å². The van der Waals surface area contributed by atoms with E-state index in [1.807, 2.05) is 0 Å². The van der Waals surface area contributed by atoms with Crippen molar-refractivity contribution in [2.45, 2.75) is 50.8 Å². The Hall–Kier alpha value is -0.640. The molecule has 0 aliphatic carbocycles. The number of nitrogens with one attached hydrogen (secondary N) is 1. The number of rotatable bonds is 4. The summed E-state index contributed by atoms with van der Waals surface area (Å²) in [7, 11) is 0. The van der Waals surface area contributed by atoms with E-state index >= 15 is 0 Å². The van der Waals surface area contributed by atoms with E-state index in [1.54, 1.807) is 12.1 Å². The maximum absolute atomic E-state index is 13.1. The molecule has 102 valence electrons. The molecule has 1 heterocycles. The van der Waals surface area contributed by atoms with Gasteiger partial charge in [-0.15, -0.1) is 12.4 Å². The summed E-state index contributed by atoms with van der Waals surface area (Å²) >= 11 is 0. The first-order valence-electron chi connectivity index (χ1n) is 6.40. The smallest absolute Gasteiger partial charge is 0.123 e. The van der Waals surface area contributed by atoms with Gasteiger partial charge >= 0.3 is 0 Å². The molecule has 0 aromatic heterocycles. The molecular weight excluding hydrogens is 253 g/mol. The van der Waals surface area contributed by atoms with E-state index in [4.69, 9.17) is 0 Å². The molecule has 3 atom stereocenters. The van der Waals surface area contributed by atoms with Crippen molar-refractivity contribution in [1.29, 1.82) is 0 Å². The van der Waals surface area contributed by atoms with Crippen LogP contribution in [0.15, 0.2) is 24.3 Å². The molecule has 0 unspecified atom stereocenters. The molecule has 2 nitrogen and oxygen atoms in total. The molecule has 0 amide bonds. The van der Waals surface area contributed by atoms with Crippen molar-refractivity contribution >= 4 is 12.4 Å². The van der Waals surface area contributed by atoms with Crippen molar-refractivity contribution in [3.63, 3.8) is 0 Å². The molecule has 1 aromatic rings. The normalized spacial score (nSPS) is 24.6. The fourth-order valence-corrected chi connectivity index (χ4v) is 2.60. The van der Waals surface area contributed by atoms with Gasteiger partial charge in [-0.3, -0.25) is 0 Å². The van der Waals surface area contributed by atoms with Crippen LogP contribution in [0.4, 0.5) is 4.39 Å². The molecule has 1 aliphatic heterocycles. The quantitative estimate of drug-likeness (QED) is 0.883. The van der Waals surface area contributed by atoms with Gasteiger partial charge in [0.25, 0.3) is 0 Å². The highest BCUT2D eigenvalue weighted by Gasteiger charge is 2.29. The predicted octanol–water partition coefficient (Wildman–Crippen LogP) is 3.20. The topological polar surface area (TPSA) is 32.3 Å². The highest BCUT2D eigenvalue weighted by molar-refractivity contribution is 5.85. The van der Waals surface area contributed by atoms with Crippen molar-refractivity contribution in [1.82, 2.24) is 5.32 Å². The number of aliphatic hydroxyl groups is 1. The van der Waals surface area contributed by atoms with Crippen molar-refractivity contribution in [3.05, 3.63) is 35.6 Å². The zero-order valence-electron chi connectivity index (χ0n) is 10.6. The minimum Gasteiger partial charge on any atom is -0.387 e. The molecule has 2 N–H and O–H groups in total. The Morgan fingerprint density at radius 2 is 2.22 bits per heavy atom. The number of halogens is 2. The summed E-state index contributed by atoms with van der Waals surface area (Å²) < 4.78 is 13.1. The predicted molar refractivity (Wildman–Crippen MR) is 73.5 cm³/mol. The van der Waals surface area contributed by atoms with Crippen LogP contribution < -0.4 is 5.32 Å². The van der Waals surface area contributed by atoms with Crippen LogP contribution >= 0.6 is 12.4 Å². The van der Waals surface area contributed by atoms with Crippen LogP contribution in [0.2, 0.25) is 0 Å². The lowest BCUT2D eigenvalue weighted by molar-refractivity contribution is 0.134. The first-order chi connectivity index (χ1) is 8.20. The van der Waals surface area contributed by atoms with Crippen molar-refractivity contribution < 1.29 is 9.50 Å². The number of hydrogen-bond acceptors (Lipinski definition) is 2. The third-order valence-corrected chi connectivity index (χ3v) is 3.48. The minimum atomic E-state index is -0.604. The monoisotopic (exact) mass is 273 g/mol. The van der Waals surface area contributed by atoms with Crippen LogP contribution in [0.25, 0.3) is 0 Å². The van der Waals surface area contributed by atoms with Crippen molar-refractivity contribution in [3.8, 4) is 0 Å². The van der Waals surface area contributed by atoms with Gasteiger partial charge < -0.3 is 10.4 Å². The third-order valence-electron chi connectivity index (χ3n) is 3.48. The Kier molecular flexibility index (Phi) is 6.06. The van der Waals surface area contributed by atoms with Gasteiger partial charge in [0.1, 0.15) is 5.82 Å². The second-order valence-corrected chi connectivity index (χ2v) is 4.84. The molecular formula is C14H21ClFNO. The number of benzene rings is 1. The second-order valence-electron chi connectivity index (χ2n) is 4.84. The van der Waals surface area contributed by atoms with E-state index in [0.717, 1.165) is 25.7 Å². The van der Waals surface area contributed by atoms with Gasteiger partial charge in [-0.2, -0.15) is 0 Å². The van der Waals surface area contributed by atoms with Crippen LogP contribution in [0.5, 0.6) is 0 Å².